The largest absolute Gasteiger partial charge is 0.393 e. The summed E-state index contributed by atoms with van der Waals surface area (Å²) < 4.78 is 0. The van der Waals surface area contributed by atoms with E-state index in [0.717, 1.165) is 5.75 Å². The molecule has 0 spiro atoms. The van der Waals surface area contributed by atoms with Gasteiger partial charge in [0.2, 0.25) is 5.91 Å². The van der Waals surface area contributed by atoms with Gasteiger partial charge in [0.15, 0.2) is 0 Å². The van der Waals surface area contributed by atoms with Crippen LogP contribution in [-0.2, 0) is 4.79 Å². The Balaban J connectivity index is 0. The molecule has 0 aliphatic carbocycles. The number of hydrogen-bond donors (Lipinski definition) is 2. The van der Waals surface area contributed by atoms with Crippen LogP contribution in [0.3, 0.4) is 0 Å². The first-order valence-corrected chi connectivity index (χ1v) is 6.56. The summed E-state index contributed by atoms with van der Waals surface area (Å²) in [4.78, 5) is 13.3. The summed E-state index contributed by atoms with van der Waals surface area (Å²) in [6, 6.07) is -0.406. The second-order valence-corrected chi connectivity index (χ2v) is 4.77. The van der Waals surface area contributed by atoms with Gasteiger partial charge in [-0.3, -0.25) is 4.79 Å². The molecule has 1 amide bonds. The van der Waals surface area contributed by atoms with Crippen molar-refractivity contribution < 1.29 is 9.90 Å². The van der Waals surface area contributed by atoms with E-state index in [1.807, 2.05) is 6.26 Å². The van der Waals surface area contributed by atoms with Crippen molar-refractivity contribution in [3.63, 3.8) is 0 Å². The van der Waals surface area contributed by atoms with Gasteiger partial charge in [0.1, 0.15) is 0 Å². The van der Waals surface area contributed by atoms with Crippen LogP contribution in [-0.4, -0.2) is 53.7 Å². The van der Waals surface area contributed by atoms with Gasteiger partial charge in [0, 0.05) is 13.6 Å². The number of hydrogen-bond acceptors (Lipinski definition) is 4. The summed E-state index contributed by atoms with van der Waals surface area (Å²) in [7, 11) is 1.73. The van der Waals surface area contributed by atoms with E-state index in [0.29, 0.717) is 19.4 Å². The Bertz CT molecular complexity index is 194. The monoisotopic (exact) mass is 270 g/mol. The highest BCUT2D eigenvalue weighted by Gasteiger charge is 2.17. The van der Waals surface area contributed by atoms with E-state index in [1.54, 1.807) is 30.6 Å². The van der Waals surface area contributed by atoms with E-state index >= 15 is 0 Å². The molecule has 1 unspecified atom stereocenters. The number of likely N-dealkylation sites (N-methyl/N-ethyl adjacent to an activating group) is 1. The summed E-state index contributed by atoms with van der Waals surface area (Å²) in [5.74, 6) is 0.863. The van der Waals surface area contributed by atoms with E-state index in [1.165, 1.54) is 0 Å². The lowest BCUT2D eigenvalue weighted by Crippen LogP contribution is -2.42. The fourth-order valence-electron chi connectivity index (χ4n) is 1.14. The van der Waals surface area contributed by atoms with Crippen LogP contribution in [0.4, 0.5) is 0 Å². The molecule has 0 aromatic carbocycles. The molecule has 6 heteroatoms. The number of thioether (sulfide) groups is 1. The van der Waals surface area contributed by atoms with Crippen LogP contribution in [0.1, 0.15) is 19.8 Å². The molecule has 0 saturated heterocycles. The van der Waals surface area contributed by atoms with Crippen LogP contribution in [0.2, 0.25) is 0 Å². The molecule has 0 bridgehead atoms. The lowest BCUT2D eigenvalue weighted by Gasteiger charge is -2.21. The van der Waals surface area contributed by atoms with Crippen molar-refractivity contribution in [2.24, 2.45) is 5.73 Å². The number of halogens is 1. The molecule has 0 saturated carbocycles. The first-order chi connectivity index (χ1) is 6.99. The van der Waals surface area contributed by atoms with E-state index < -0.39 is 6.04 Å². The minimum atomic E-state index is -0.406. The Morgan fingerprint density at radius 1 is 1.50 bits per heavy atom. The lowest BCUT2D eigenvalue weighted by molar-refractivity contribution is -0.131. The standard InChI is InChI=1S/C10H22N2O2S.ClH/c1-8(13)4-6-12(2)10(14)9(11)5-7-15-3;/h8-9,13H,4-7,11H2,1-3H3;1H/t8?,9-;/m0./s1. The molecule has 0 radical (unpaired) electrons. The van der Waals surface area contributed by atoms with Crippen molar-refractivity contribution >= 4 is 30.1 Å². The second-order valence-electron chi connectivity index (χ2n) is 3.79. The molecule has 0 aromatic heterocycles. The molecule has 4 nitrogen and oxygen atoms in total. The minimum Gasteiger partial charge on any atom is -0.393 e. The zero-order valence-electron chi connectivity index (χ0n) is 10.2. The summed E-state index contributed by atoms with van der Waals surface area (Å²) in [6.45, 7) is 2.27. The van der Waals surface area contributed by atoms with Gasteiger partial charge in [-0.2, -0.15) is 11.8 Å². The Kier molecular flexibility index (Phi) is 11.7. The number of aliphatic hydroxyl groups excluding tert-OH is 1. The van der Waals surface area contributed by atoms with Crippen molar-refractivity contribution in [3.05, 3.63) is 0 Å². The van der Waals surface area contributed by atoms with Gasteiger partial charge < -0.3 is 15.7 Å². The van der Waals surface area contributed by atoms with Crippen molar-refractivity contribution in [1.29, 1.82) is 0 Å². The average molecular weight is 271 g/mol. The van der Waals surface area contributed by atoms with Gasteiger partial charge in [0.25, 0.3) is 0 Å². The number of amides is 1. The van der Waals surface area contributed by atoms with Crippen LogP contribution >= 0.6 is 24.2 Å². The lowest BCUT2D eigenvalue weighted by atomic mass is 10.2. The maximum absolute atomic E-state index is 11.7. The normalized spacial score (nSPS) is 13.8. The molecule has 0 aliphatic heterocycles. The Hall–Kier alpha value is 0.0300. The van der Waals surface area contributed by atoms with E-state index in [4.69, 9.17) is 10.8 Å². The van der Waals surface area contributed by atoms with Crippen LogP contribution < -0.4 is 5.73 Å². The van der Waals surface area contributed by atoms with Gasteiger partial charge in [-0.1, -0.05) is 0 Å². The summed E-state index contributed by atoms with van der Waals surface area (Å²) in [5.41, 5.74) is 5.74. The third-order valence-electron chi connectivity index (χ3n) is 2.21. The molecule has 0 aliphatic rings. The number of carbonyl (C=O) groups excluding carboxylic acids is 1. The first-order valence-electron chi connectivity index (χ1n) is 5.16. The van der Waals surface area contributed by atoms with Gasteiger partial charge in [-0.25, -0.2) is 0 Å². The van der Waals surface area contributed by atoms with Crippen LogP contribution in [0, 0.1) is 0 Å². The second kappa shape index (κ2) is 10.2. The fourth-order valence-corrected chi connectivity index (χ4v) is 1.63. The van der Waals surface area contributed by atoms with Crippen molar-refractivity contribution in [3.8, 4) is 0 Å². The maximum Gasteiger partial charge on any atom is 0.239 e. The number of aliphatic hydroxyl groups is 1. The number of carbonyl (C=O) groups is 1. The first kappa shape index (κ1) is 18.4. The van der Waals surface area contributed by atoms with Crippen LogP contribution in [0.25, 0.3) is 0 Å². The van der Waals surface area contributed by atoms with Crippen LogP contribution in [0.15, 0.2) is 0 Å². The third-order valence-corrected chi connectivity index (χ3v) is 2.85. The summed E-state index contributed by atoms with van der Waals surface area (Å²) >= 11 is 1.69. The zero-order chi connectivity index (χ0) is 11.8. The number of nitrogens with two attached hydrogens (primary N) is 1. The van der Waals surface area contributed by atoms with E-state index in [-0.39, 0.29) is 24.4 Å². The smallest absolute Gasteiger partial charge is 0.239 e. The third kappa shape index (κ3) is 8.21. The van der Waals surface area contributed by atoms with E-state index in [9.17, 15) is 4.79 Å². The SMILES string of the molecule is CSCC[C@H](N)C(=O)N(C)CCC(C)O.Cl. The molecule has 0 fully saturated rings. The van der Waals surface area contributed by atoms with Gasteiger partial charge in [-0.05, 0) is 31.8 Å². The predicted molar refractivity (Wildman–Crippen MR) is 72.2 cm³/mol. The molecule has 0 aromatic rings. The number of rotatable bonds is 7. The quantitative estimate of drug-likeness (QED) is 0.715. The summed E-state index contributed by atoms with van der Waals surface area (Å²) in [5, 5.41) is 9.09. The molecule has 3 N–H and O–H groups in total. The van der Waals surface area contributed by atoms with E-state index in [2.05, 4.69) is 0 Å². The van der Waals surface area contributed by atoms with Crippen LogP contribution in [0.5, 0.6) is 0 Å². The molecule has 98 valence electrons. The van der Waals surface area contributed by atoms with Gasteiger partial charge in [-0.15, -0.1) is 12.4 Å². The Morgan fingerprint density at radius 2 is 2.06 bits per heavy atom. The highest BCUT2D eigenvalue weighted by atomic mass is 35.5. The molecular formula is C10H23ClN2O2S. The van der Waals surface area contributed by atoms with Crippen molar-refractivity contribution in [1.82, 2.24) is 4.90 Å². The average Bonchev–Trinajstić information content (AvgIpc) is 2.21. The fraction of sp³-hybridized carbons (Fsp3) is 0.900. The highest BCUT2D eigenvalue weighted by molar-refractivity contribution is 7.98. The topological polar surface area (TPSA) is 66.6 Å². The zero-order valence-corrected chi connectivity index (χ0v) is 11.8. The van der Waals surface area contributed by atoms with Gasteiger partial charge >= 0.3 is 0 Å². The molecular weight excluding hydrogens is 248 g/mol. The minimum absolute atomic E-state index is 0. The van der Waals surface area contributed by atoms with Crippen molar-refractivity contribution in [2.45, 2.75) is 31.9 Å². The van der Waals surface area contributed by atoms with Crippen molar-refractivity contribution in [2.75, 3.05) is 25.6 Å². The number of nitrogens with zero attached hydrogens (tertiary/aromatic N) is 1. The molecule has 2 atom stereocenters. The molecule has 0 heterocycles. The Morgan fingerprint density at radius 3 is 2.50 bits per heavy atom. The van der Waals surface area contributed by atoms with Gasteiger partial charge in [0.05, 0.1) is 12.1 Å². The molecule has 0 rings (SSSR count). The molecule has 16 heavy (non-hydrogen) atoms. The predicted octanol–water partition coefficient (Wildman–Crippen LogP) is 0.718. The maximum atomic E-state index is 11.7. The Labute approximate surface area is 108 Å². The highest BCUT2D eigenvalue weighted by Crippen LogP contribution is 2.02. The summed E-state index contributed by atoms with van der Waals surface area (Å²) in [6.07, 6.45) is 2.92.